The van der Waals surface area contributed by atoms with E-state index in [0.29, 0.717) is 12.5 Å². The number of carbonyl (C=O) groups is 2. The number of nitrogens with one attached hydrogen (secondary N) is 2. The monoisotopic (exact) mass is 376 g/mol. The van der Waals surface area contributed by atoms with Crippen LogP contribution in [0.25, 0.3) is 0 Å². The Morgan fingerprint density at radius 2 is 1.74 bits per heavy atom. The molecule has 0 atom stereocenters. The zero-order chi connectivity index (χ0) is 19.9. The van der Waals surface area contributed by atoms with Crippen molar-refractivity contribution >= 4 is 12.2 Å². The summed E-state index contributed by atoms with van der Waals surface area (Å²) < 4.78 is 10.6. The van der Waals surface area contributed by atoms with Gasteiger partial charge in [-0.15, -0.1) is 0 Å². The highest BCUT2D eigenvalue weighted by molar-refractivity contribution is 5.68. The predicted molar refractivity (Wildman–Crippen MR) is 104 cm³/mol. The van der Waals surface area contributed by atoms with Crippen molar-refractivity contribution in [3.63, 3.8) is 0 Å². The lowest BCUT2D eigenvalue weighted by Crippen LogP contribution is -2.50. The number of ether oxygens (including phenoxy) is 2. The summed E-state index contributed by atoms with van der Waals surface area (Å²) in [6, 6.07) is 9.61. The Hall–Kier alpha value is -2.24. The van der Waals surface area contributed by atoms with E-state index in [1.807, 2.05) is 51.1 Å². The first-order valence-electron chi connectivity index (χ1n) is 9.61. The molecule has 2 amide bonds. The molecule has 6 heteroatoms. The van der Waals surface area contributed by atoms with Crippen molar-refractivity contribution in [2.45, 2.75) is 71.1 Å². The number of rotatable bonds is 5. The zero-order valence-electron chi connectivity index (χ0n) is 16.8. The first kappa shape index (κ1) is 21.1. The molecule has 2 rings (SSSR count). The lowest BCUT2D eigenvalue weighted by atomic mass is 9.77. The Bertz CT molecular complexity index is 617. The largest absolute Gasteiger partial charge is 0.445 e. The van der Waals surface area contributed by atoms with E-state index in [4.69, 9.17) is 9.47 Å². The predicted octanol–water partition coefficient (Wildman–Crippen LogP) is 4.39. The number of carbonyl (C=O) groups excluding carboxylic acids is 2. The molecule has 1 aromatic rings. The van der Waals surface area contributed by atoms with Gasteiger partial charge >= 0.3 is 12.2 Å². The second kappa shape index (κ2) is 9.11. The van der Waals surface area contributed by atoms with Gasteiger partial charge in [-0.2, -0.15) is 0 Å². The summed E-state index contributed by atoms with van der Waals surface area (Å²) in [7, 11) is 0. The minimum atomic E-state index is -0.498. The third-order valence-electron chi connectivity index (χ3n) is 4.76. The van der Waals surface area contributed by atoms with Crippen LogP contribution in [0.5, 0.6) is 0 Å². The van der Waals surface area contributed by atoms with E-state index in [9.17, 15) is 9.59 Å². The highest BCUT2D eigenvalue weighted by Crippen LogP contribution is 2.31. The standard InChI is InChI=1S/C21H32N2O4/c1-20(2,3)27-19(25)23-21(4)12-10-16(11-13-21)14-22-18(24)26-15-17-8-6-5-7-9-17/h5-9,16H,10-15H2,1-4H3,(H,22,24)(H,23,25)/t16-,21+. The second-order valence-electron chi connectivity index (χ2n) is 8.57. The number of amides is 2. The Morgan fingerprint density at radius 1 is 1.11 bits per heavy atom. The van der Waals surface area contributed by atoms with Crippen LogP contribution in [0.3, 0.4) is 0 Å². The van der Waals surface area contributed by atoms with E-state index in [2.05, 4.69) is 17.6 Å². The average molecular weight is 376 g/mol. The molecule has 1 aliphatic rings. The molecule has 2 N–H and O–H groups in total. The molecule has 0 aromatic heterocycles. The van der Waals surface area contributed by atoms with Crippen LogP contribution in [-0.2, 0) is 16.1 Å². The molecule has 0 unspecified atom stereocenters. The first-order valence-corrected chi connectivity index (χ1v) is 9.61. The van der Waals surface area contributed by atoms with Crippen LogP contribution < -0.4 is 10.6 Å². The SMILES string of the molecule is CC(C)(C)OC(=O)N[C@]1(C)CC[C@H](CNC(=O)OCc2ccccc2)CC1. The van der Waals surface area contributed by atoms with Crippen molar-refractivity contribution in [2.24, 2.45) is 5.92 Å². The van der Waals surface area contributed by atoms with Gasteiger partial charge in [-0.3, -0.25) is 0 Å². The third-order valence-corrected chi connectivity index (χ3v) is 4.76. The van der Waals surface area contributed by atoms with Crippen molar-refractivity contribution in [3.05, 3.63) is 35.9 Å². The molecular formula is C21H32N2O4. The normalized spacial score (nSPS) is 22.6. The molecule has 1 aliphatic carbocycles. The molecule has 1 aromatic carbocycles. The van der Waals surface area contributed by atoms with Gasteiger partial charge in [0.25, 0.3) is 0 Å². The molecule has 6 nitrogen and oxygen atoms in total. The lowest BCUT2D eigenvalue weighted by Gasteiger charge is -2.38. The fourth-order valence-electron chi connectivity index (χ4n) is 3.20. The molecule has 0 radical (unpaired) electrons. The topological polar surface area (TPSA) is 76.7 Å². The lowest BCUT2D eigenvalue weighted by molar-refractivity contribution is 0.0425. The van der Waals surface area contributed by atoms with E-state index >= 15 is 0 Å². The van der Waals surface area contributed by atoms with Gasteiger partial charge in [0.05, 0.1) is 0 Å². The number of benzene rings is 1. The van der Waals surface area contributed by atoms with Gasteiger partial charge in [-0.05, 0) is 64.9 Å². The van der Waals surface area contributed by atoms with E-state index in [1.54, 1.807) is 0 Å². The molecule has 0 spiro atoms. The van der Waals surface area contributed by atoms with Crippen LogP contribution in [0.1, 0.15) is 58.9 Å². The van der Waals surface area contributed by atoms with E-state index < -0.39 is 5.60 Å². The molecule has 0 aliphatic heterocycles. The molecule has 150 valence electrons. The Morgan fingerprint density at radius 3 is 2.33 bits per heavy atom. The van der Waals surface area contributed by atoms with Gasteiger partial charge in [0.2, 0.25) is 0 Å². The van der Waals surface area contributed by atoms with Gasteiger partial charge in [-0.1, -0.05) is 30.3 Å². The van der Waals surface area contributed by atoms with Crippen LogP contribution in [0, 0.1) is 5.92 Å². The van der Waals surface area contributed by atoms with Crippen LogP contribution in [0.15, 0.2) is 30.3 Å². The van der Waals surface area contributed by atoms with Gasteiger partial charge in [0, 0.05) is 12.1 Å². The fourth-order valence-corrected chi connectivity index (χ4v) is 3.20. The summed E-state index contributed by atoms with van der Waals surface area (Å²) in [5.74, 6) is 0.391. The maximum absolute atomic E-state index is 12.0. The summed E-state index contributed by atoms with van der Waals surface area (Å²) >= 11 is 0. The van der Waals surface area contributed by atoms with E-state index in [0.717, 1.165) is 31.2 Å². The Kier molecular flexibility index (Phi) is 7.11. The summed E-state index contributed by atoms with van der Waals surface area (Å²) in [6.45, 7) is 8.48. The summed E-state index contributed by atoms with van der Waals surface area (Å²) in [5, 5.41) is 5.85. The minimum Gasteiger partial charge on any atom is -0.445 e. The van der Waals surface area contributed by atoms with Crippen LogP contribution in [-0.4, -0.2) is 29.9 Å². The van der Waals surface area contributed by atoms with Gasteiger partial charge in [0.1, 0.15) is 12.2 Å². The van der Waals surface area contributed by atoms with E-state index in [-0.39, 0.29) is 24.3 Å². The Labute approximate surface area is 162 Å². The average Bonchev–Trinajstić information content (AvgIpc) is 2.58. The quantitative estimate of drug-likeness (QED) is 0.799. The number of alkyl carbamates (subject to hydrolysis) is 2. The zero-order valence-corrected chi connectivity index (χ0v) is 16.8. The van der Waals surface area contributed by atoms with Crippen LogP contribution in [0.4, 0.5) is 9.59 Å². The number of hydrogen-bond donors (Lipinski definition) is 2. The van der Waals surface area contributed by atoms with Gasteiger partial charge in [-0.25, -0.2) is 9.59 Å². The highest BCUT2D eigenvalue weighted by atomic mass is 16.6. The van der Waals surface area contributed by atoms with Gasteiger partial charge in [0.15, 0.2) is 0 Å². The van der Waals surface area contributed by atoms with Crippen molar-refractivity contribution in [2.75, 3.05) is 6.54 Å². The van der Waals surface area contributed by atoms with Crippen molar-refractivity contribution in [3.8, 4) is 0 Å². The molecule has 27 heavy (non-hydrogen) atoms. The first-order chi connectivity index (χ1) is 12.7. The van der Waals surface area contributed by atoms with Gasteiger partial charge < -0.3 is 20.1 Å². The number of hydrogen-bond acceptors (Lipinski definition) is 4. The molecule has 0 saturated heterocycles. The molecular weight excluding hydrogens is 344 g/mol. The van der Waals surface area contributed by atoms with Crippen molar-refractivity contribution in [1.82, 2.24) is 10.6 Å². The Balaban J connectivity index is 1.66. The third kappa shape index (κ3) is 7.89. The van der Waals surface area contributed by atoms with Crippen LogP contribution >= 0.6 is 0 Å². The highest BCUT2D eigenvalue weighted by Gasteiger charge is 2.33. The maximum atomic E-state index is 12.0. The molecule has 1 fully saturated rings. The molecule has 0 heterocycles. The summed E-state index contributed by atoms with van der Waals surface area (Å²) in [6.07, 6.45) is 2.83. The molecule has 0 bridgehead atoms. The van der Waals surface area contributed by atoms with Crippen molar-refractivity contribution in [1.29, 1.82) is 0 Å². The summed E-state index contributed by atoms with van der Waals surface area (Å²) in [4.78, 5) is 23.9. The van der Waals surface area contributed by atoms with Crippen LogP contribution in [0.2, 0.25) is 0 Å². The second-order valence-corrected chi connectivity index (χ2v) is 8.57. The smallest absolute Gasteiger partial charge is 0.408 e. The minimum absolute atomic E-state index is 0.257. The maximum Gasteiger partial charge on any atom is 0.408 e. The van der Waals surface area contributed by atoms with Crippen molar-refractivity contribution < 1.29 is 19.1 Å². The summed E-state index contributed by atoms with van der Waals surface area (Å²) in [5.41, 5.74) is 0.211. The molecule has 1 saturated carbocycles. The van der Waals surface area contributed by atoms with E-state index in [1.165, 1.54) is 0 Å². The fraction of sp³-hybridized carbons (Fsp3) is 0.619.